The first kappa shape index (κ1) is 80.6. The van der Waals surface area contributed by atoms with Gasteiger partial charge in [-0.25, -0.2) is 14.0 Å². The number of primary amides is 3. The molecule has 4 atom stereocenters. The summed E-state index contributed by atoms with van der Waals surface area (Å²) in [7, 11) is 0. The number of rotatable bonds is 9. The van der Waals surface area contributed by atoms with Gasteiger partial charge in [-0.3, -0.25) is 14.4 Å². The van der Waals surface area contributed by atoms with E-state index in [4.69, 9.17) is 86.8 Å². The van der Waals surface area contributed by atoms with Gasteiger partial charge in [0.05, 0.1) is 78.5 Å². The molecule has 5 aliphatic carbocycles. The van der Waals surface area contributed by atoms with Crippen molar-refractivity contribution in [2.75, 3.05) is 39.3 Å². The van der Waals surface area contributed by atoms with Gasteiger partial charge in [-0.15, -0.1) is 34.0 Å². The molecular formula is C84H92Cl6N12O3S3. The number of halogens is 6. The predicted octanol–water partition coefficient (Wildman–Crippen LogP) is 20.0. The van der Waals surface area contributed by atoms with E-state index >= 15 is 0 Å². The number of nitrogens with two attached hydrogens (primary N) is 3. The molecule has 9 aromatic rings. The molecular weight excluding hydrogens is 1530 g/mol. The quantitative estimate of drug-likeness (QED) is 0.0756. The van der Waals surface area contributed by atoms with Crippen molar-refractivity contribution in [3.63, 3.8) is 0 Å². The van der Waals surface area contributed by atoms with Gasteiger partial charge < -0.3 is 33.2 Å². The molecule has 5 saturated carbocycles. The Morgan fingerprint density at radius 1 is 0.380 bits per heavy atom. The first-order chi connectivity index (χ1) is 52.2. The maximum absolute atomic E-state index is 11.9. The van der Waals surface area contributed by atoms with Crippen LogP contribution in [0.2, 0.25) is 30.1 Å². The Kier molecular flexibility index (Phi) is 28.6. The minimum atomic E-state index is -0.581. The molecule has 0 spiro atoms. The summed E-state index contributed by atoms with van der Waals surface area (Å²) in [5.41, 5.74) is 23.7. The molecule has 24 heteroatoms. The van der Waals surface area contributed by atoms with Crippen molar-refractivity contribution in [1.82, 2.24) is 45.3 Å². The number of nitrogens with zero attached hydrogens (tertiary/aromatic N) is 6. The van der Waals surface area contributed by atoms with E-state index < -0.39 is 17.7 Å². The molecule has 3 aliphatic heterocycles. The number of benzene rings is 3. The van der Waals surface area contributed by atoms with E-state index in [-0.39, 0.29) is 17.1 Å². The van der Waals surface area contributed by atoms with Crippen molar-refractivity contribution >= 4 is 121 Å². The van der Waals surface area contributed by atoms with Gasteiger partial charge in [0.25, 0.3) is 17.7 Å². The summed E-state index contributed by atoms with van der Waals surface area (Å²) in [6.07, 6.45) is 26.7. The highest BCUT2D eigenvalue weighted by atomic mass is 35.5. The number of carbonyl (C=O) groups excluding carboxylic acids is 3. The molecule has 6 aromatic heterocycles. The van der Waals surface area contributed by atoms with Crippen molar-refractivity contribution in [2.24, 2.45) is 58.6 Å². The lowest BCUT2D eigenvalue weighted by Gasteiger charge is -2.15. The normalized spacial score (nSPS) is 19.1. The van der Waals surface area contributed by atoms with Crippen LogP contribution < -0.4 is 33.2 Å². The lowest BCUT2D eigenvalue weighted by Crippen LogP contribution is -2.21. The van der Waals surface area contributed by atoms with E-state index in [0.717, 1.165) is 70.0 Å². The van der Waals surface area contributed by atoms with E-state index in [9.17, 15) is 14.4 Å². The van der Waals surface area contributed by atoms with E-state index in [0.29, 0.717) is 81.6 Å². The van der Waals surface area contributed by atoms with Crippen molar-refractivity contribution in [1.29, 1.82) is 0 Å². The van der Waals surface area contributed by atoms with Gasteiger partial charge in [-0.1, -0.05) is 156 Å². The molecule has 0 radical (unpaired) electrons. The smallest absolute Gasteiger partial charge is 0.269 e. The highest BCUT2D eigenvalue weighted by Crippen LogP contribution is 2.42. The number of amides is 3. The number of hydrogen-bond donors (Lipinski definition) is 6. The lowest BCUT2D eigenvalue weighted by atomic mass is 9.90. The molecule has 9 N–H and O–H groups in total. The zero-order chi connectivity index (χ0) is 76.0. The summed E-state index contributed by atoms with van der Waals surface area (Å²) in [5.74, 6) is 24.0. The van der Waals surface area contributed by atoms with Crippen LogP contribution >= 0.6 is 104 Å². The van der Waals surface area contributed by atoms with Gasteiger partial charge in [0.2, 0.25) is 0 Å². The Labute approximate surface area is 676 Å². The second kappa shape index (κ2) is 38.4. The average Bonchev–Trinajstić information content (AvgIpc) is 1.66. The molecule has 17 rings (SSSR count). The van der Waals surface area contributed by atoms with E-state index in [1.165, 1.54) is 168 Å². The molecule has 9 heterocycles. The van der Waals surface area contributed by atoms with Crippen molar-refractivity contribution in [2.45, 2.75) is 149 Å². The van der Waals surface area contributed by atoms with Crippen molar-refractivity contribution in [3.05, 3.63) is 170 Å². The van der Waals surface area contributed by atoms with Crippen LogP contribution in [0.25, 0.3) is 48.8 Å². The fourth-order valence-electron chi connectivity index (χ4n) is 15.2. The second-order valence-electron chi connectivity index (χ2n) is 29.0. The summed E-state index contributed by atoms with van der Waals surface area (Å²) >= 11 is 42.0. The molecule has 4 unspecified atom stereocenters. The molecule has 3 aromatic carbocycles. The zero-order valence-corrected chi connectivity index (χ0v) is 68.2. The van der Waals surface area contributed by atoms with Crippen LogP contribution in [0, 0.1) is 97.7 Å². The minimum absolute atomic E-state index is 0.218. The third-order valence-electron chi connectivity index (χ3n) is 21.2. The van der Waals surface area contributed by atoms with E-state index in [1.807, 2.05) is 57.2 Å². The third-order valence-corrected chi connectivity index (χ3v) is 25.8. The Balaban J connectivity index is 0.000000132. The zero-order valence-electron chi connectivity index (χ0n) is 61.2. The third kappa shape index (κ3) is 20.8. The SMILES string of the molecule is C1CC2CNCC2C1.C1CC2CNCC2C1.C1CCNCC1.Cc1c(C(N)=O)nn(-c2ccc(Cl)cc2Cl)c1-c1ccc(C#CC2CC2)s1.Cc1c(C(N)=O)nn(-c2ccc(Cl)cc2Cl)c1-c1ccc(C#CC2CCCC2)s1.Cc1c(C(N)=O)nn(-c2ccc(Cl)cc2Cl)c1-c1ccc(C#CC2CCCCC2)s1. The predicted molar refractivity (Wildman–Crippen MR) is 446 cm³/mol. The Morgan fingerprint density at radius 3 is 0.944 bits per heavy atom. The van der Waals surface area contributed by atoms with Gasteiger partial charge >= 0.3 is 0 Å². The molecule has 8 aliphatic rings. The van der Waals surface area contributed by atoms with Crippen LogP contribution in [-0.2, 0) is 0 Å². The van der Waals surface area contributed by atoms with E-state index in [1.54, 1.807) is 103 Å². The van der Waals surface area contributed by atoms with Crippen molar-refractivity contribution in [3.8, 4) is 84.3 Å². The Bertz CT molecular complexity index is 4800. The standard InChI is InChI=1S/C23H21Cl2N3OS.C22H19Cl2N3OS.C20H15Cl2N3OS.2C7H13N.C5H11N/c1-14-21(23(26)29)27-28(19-11-8-16(24)13-18(19)25)22(14)20-12-10-17(30-20)9-7-15-5-3-2-4-6-15;1-13-20(22(25)28)26-27(18-10-7-15(23)12-17(18)24)21(13)19-11-9-16(29-19)8-6-14-4-2-3-5-14;1-11-18(20(23)26)24-25(16-8-5-13(21)10-15(16)22)19(11)17-9-7-14(27-17)6-4-12-2-3-12;2*1-2-6-4-8-5-7(6)3-1;1-2-4-6-5-3-1/h8,10-13,15H,2-6H2,1H3,(H2,26,29);7,9-12,14H,2-5H2,1H3,(H2,25,28);5,7-10,12H,2-3H2,1H3,(H2,23,26);2*6-8H,1-5H2;6H,1-5H2. The monoisotopic (exact) mass is 1620 g/mol. The largest absolute Gasteiger partial charge is 0.364 e. The molecule has 3 amide bonds. The van der Waals surface area contributed by atoms with Crippen LogP contribution in [0.3, 0.4) is 0 Å². The number of aromatic nitrogens is 6. The first-order valence-electron chi connectivity index (χ1n) is 37.8. The number of fused-ring (bicyclic) bond motifs is 2. The number of piperidine rings is 1. The lowest BCUT2D eigenvalue weighted by molar-refractivity contribution is 0.0986. The Hall–Kier alpha value is -6.90. The van der Waals surface area contributed by atoms with Gasteiger partial charge in [0.15, 0.2) is 17.1 Å². The average molecular weight is 1630 g/mol. The molecule has 108 heavy (non-hydrogen) atoms. The topological polar surface area (TPSA) is 219 Å². The highest BCUT2D eigenvalue weighted by Gasteiger charge is 2.33. The van der Waals surface area contributed by atoms with Gasteiger partial charge in [-0.05, 0) is 252 Å². The fourth-order valence-corrected chi connectivity index (χ4v) is 19.5. The van der Waals surface area contributed by atoms with Crippen LogP contribution in [0.1, 0.15) is 191 Å². The van der Waals surface area contributed by atoms with Crippen LogP contribution in [0.4, 0.5) is 0 Å². The maximum Gasteiger partial charge on any atom is 0.269 e. The van der Waals surface area contributed by atoms with Gasteiger partial charge in [0, 0.05) is 49.5 Å². The molecule has 0 bridgehead atoms. The van der Waals surface area contributed by atoms with Gasteiger partial charge in [-0.2, -0.15) is 15.3 Å². The molecule has 8 fully saturated rings. The highest BCUT2D eigenvalue weighted by molar-refractivity contribution is 7.16. The van der Waals surface area contributed by atoms with Crippen LogP contribution in [0.15, 0.2) is 91.0 Å². The van der Waals surface area contributed by atoms with Gasteiger partial charge in [0.1, 0.15) is 0 Å². The number of nitrogens with one attached hydrogen (secondary N) is 3. The van der Waals surface area contributed by atoms with Crippen molar-refractivity contribution < 1.29 is 14.4 Å². The summed E-state index contributed by atoms with van der Waals surface area (Å²) in [4.78, 5) is 41.5. The summed E-state index contributed by atoms with van der Waals surface area (Å²) in [5, 5.41) is 26.4. The minimum Gasteiger partial charge on any atom is -0.364 e. The Morgan fingerprint density at radius 2 is 0.676 bits per heavy atom. The summed E-state index contributed by atoms with van der Waals surface area (Å²) in [6.45, 7) is 13.3. The van der Waals surface area contributed by atoms with E-state index in [2.05, 4.69) is 66.8 Å². The first-order valence-corrected chi connectivity index (χ1v) is 42.5. The number of carbonyl (C=O) groups is 3. The molecule has 15 nitrogen and oxygen atoms in total. The van der Waals surface area contributed by atoms with Crippen LogP contribution in [0.5, 0.6) is 0 Å². The number of thiophene rings is 3. The summed E-state index contributed by atoms with van der Waals surface area (Å²) in [6, 6.07) is 27.5. The maximum atomic E-state index is 11.9. The molecule has 3 saturated heterocycles. The second-order valence-corrected chi connectivity index (χ2v) is 34.8. The summed E-state index contributed by atoms with van der Waals surface area (Å²) < 4.78 is 4.98. The fraction of sp³-hybridized carbons (Fsp3) is 0.429. The number of hydrogen-bond acceptors (Lipinski definition) is 12. The molecule has 566 valence electrons. The van der Waals surface area contributed by atoms with Crippen LogP contribution in [-0.4, -0.2) is 86.3 Å².